The van der Waals surface area contributed by atoms with E-state index < -0.39 is 11.9 Å². The van der Waals surface area contributed by atoms with E-state index in [0.717, 1.165) is 15.6 Å². The van der Waals surface area contributed by atoms with E-state index in [1.807, 2.05) is 24.3 Å². The lowest BCUT2D eigenvalue weighted by atomic mass is 9.93. The molecular formula is C14H11BrClNO2. The average Bonchev–Trinajstić information content (AvgIpc) is 2.39. The van der Waals surface area contributed by atoms with Crippen LogP contribution in [0.2, 0.25) is 5.15 Å². The third-order valence-electron chi connectivity index (χ3n) is 2.81. The van der Waals surface area contributed by atoms with Gasteiger partial charge in [-0.3, -0.25) is 4.79 Å². The van der Waals surface area contributed by atoms with Crippen LogP contribution in [0, 0.1) is 0 Å². The minimum absolute atomic E-state index is 0.377. The number of aromatic nitrogens is 1. The molecule has 0 radical (unpaired) electrons. The summed E-state index contributed by atoms with van der Waals surface area (Å²) in [7, 11) is 0. The summed E-state index contributed by atoms with van der Waals surface area (Å²) in [6, 6.07) is 10.8. The van der Waals surface area contributed by atoms with Crippen molar-refractivity contribution in [1.29, 1.82) is 0 Å². The smallest absolute Gasteiger partial charge is 0.311 e. The van der Waals surface area contributed by atoms with Crippen molar-refractivity contribution in [3.05, 3.63) is 63.3 Å². The lowest BCUT2D eigenvalue weighted by molar-refractivity contribution is -0.138. The SMILES string of the molecule is O=C(O)C(Cc1ccc(Cl)nc1)c1ccccc1Br. The van der Waals surface area contributed by atoms with Crippen molar-refractivity contribution in [2.75, 3.05) is 0 Å². The summed E-state index contributed by atoms with van der Waals surface area (Å²) >= 11 is 9.11. The van der Waals surface area contributed by atoms with Crippen LogP contribution in [0.25, 0.3) is 0 Å². The second-order valence-corrected chi connectivity index (χ2v) is 5.35. The minimum Gasteiger partial charge on any atom is -0.481 e. The molecule has 5 heteroatoms. The third kappa shape index (κ3) is 3.55. The van der Waals surface area contributed by atoms with Gasteiger partial charge in [0.05, 0.1) is 5.92 Å². The number of aliphatic carboxylic acids is 1. The molecule has 0 amide bonds. The number of carboxylic acid groups (broad SMARTS) is 1. The molecule has 0 saturated heterocycles. The van der Waals surface area contributed by atoms with E-state index in [9.17, 15) is 9.90 Å². The molecule has 0 fully saturated rings. The molecular weight excluding hydrogens is 330 g/mol. The normalized spacial score (nSPS) is 12.1. The number of carboxylic acids is 1. The zero-order valence-electron chi connectivity index (χ0n) is 9.88. The largest absolute Gasteiger partial charge is 0.481 e. The van der Waals surface area contributed by atoms with Gasteiger partial charge < -0.3 is 5.11 Å². The van der Waals surface area contributed by atoms with Gasteiger partial charge in [-0.15, -0.1) is 0 Å². The summed E-state index contributed by atoms with van der Waals surface area (Å²) in [4.78, 5) is 15.4. The van der Waals surface area contributed by atoms with Gasteiger partial charge in [0.15, 0.2) is 0 Å². The second kappa shape index (κ2) is 6.17. The van der Waals surface area contributed by atoms with Gasteiger partial charge in [0.2, 0.25) is 0 Å². The van der Waals surface area contributed by atoms with Crippen LogP contribution in [0.5, 0.6) is 0 Å². The quantitative estimate of drug-likeness (QED) is 0.859. The Balaban J connectivity index is 2.29. The van der Waals surface area contributed by atoms with E-state index >= 15 is 0 Å². The molecule has 19 heavy (non-hydrogen) atoms. The maximum Gasteiger partial charge on any atom is 0.311 e. The molecule has 0 aliphatic rings. The number of rotatable bonds is 4. The van der Waals surface area contributed by atoms with Crippen LogP contribution in [0.1, 0.15) is 17.0 Å². The second-order valence-electron chi connectivity index (χ2n) is 4.11. The molecule has 3 nitrogen and oxygen atoms in total. The van der Waals surface area contributed by atoms with E-state index in [-0.39, 0.29) is 0 Å². The number of carbonyl (C=O) groups is 1. The molecule has 1 aromatic carbocycles. The van der Waals surface area contributed by atoms with Gasteiger partial charge in [-0.2, -0.15) is 0 Å². The van der Waals surface area contributed by atoms with Crippen molar-refractivity contribution in [3.63, 3.8) is 0 Å². The Bertz CT molecular complexity index is 586. The van der Waals surface area contributed by atoms with E-state index in [0.29, 0.717) is 11.6 Å². The van der Waals surface area contributed by atoms with Crippen LogP contribution < -0.4 is 0 Å². The van der Waals surface area contributed by atoms with Crippen LogP contribution in [0.3, 0.4) is 0 Å². The topological polar surface area (TPSA) is 50.2 Å². The third-order valence-corrected chi connectivity index (χ3v) is 3.75. The Labute approximate surface area is 124 Å². The van der Waals surface area contributed by atoms with Gasteiger partial charge >= 0.3 is 5.97 Å². The minimum atomic E-state index is -0.859. The molecule has 0 bridgehead atoms. The van der Waals surface area contributed by atoms with Crippen molar-refractivity contribution in [3.8, 4) is 0 Å². The summed E-state index contributed by atoms with van der Waals surface area (Å²) < 4.78 is 0.796. The zero-order chi connectivity index (χ0) is 13.8. The first-order valence-electron chi connectivity index (χ1n) is 5.65. The predicted molar refractivity (Wildman–Crippen MR) is 77.5 cm³/mol. The highest BCUT2D eigenvalue weighted by molar-refractivity contribution is 9.10. The van der Waals surface area contributed by atoms with Gasteiger partial charge in [0.25, 0.3) is 0 Å². The first kappa shape index (κ1) is 14.0. The first-order valence-corrected chi connectivity index (χ1v) is 6.82. The molecule has 2 aromatic rings. The average molecular weight is 341 g/mol. The number of halogens is 2. The number of pyridine rings is 1. The maximum absolute atomic E-state index is 11.5. The number of nitrogens with zero attached hydrogens (tertiary/aromatic N) is 1. The van der Waals surface area contributed by atoms with Gasteiger partial charge in [0, 0.05) is 10.7 Å². The van der Waals surface area contributed by atoms with Crippen LogP contribution in [0.4, 0.5) is 0 Å². The Hall–Kier alpha value is -1.39. The molecule has 1 heterocycles. The molecule has 0 saturated carbocycles. The van der Waals surface area contributed by atoms with Crippen molar-refractivity contribution in [2.45, 2.75) is 12.3 Å². The highest BCUT2D eigenvalue weighted by atomic mass is 79.9. The lowest BCUT2D eigenvalue weighted by Gasteiger charge is -2.14. The summed E-state index contributed by atoms with van der Waals surface area (Å²) in [6.07, 6.45) is 1.98. The molecule has 0 spiro atoms. The van der Waals surface area contributed by atoms with Crippen molar-refractivity contribution in [1.82, 2.24) is 4.98 Å². The Morgan fingerprint density at radius 1 is 1.32 bits per heavy atom. The van der Waals surface area contributed by atoms with Crippen molar-refractivity contribution >= 4 is 33.5 Å². The highest BCUT2D eigenvalue weighted by Gasteiger charge is 2.22. The zero-order valence-corrected chi connectivity index (χ0v) is 12.2. The van der Waals surface area contributed by atoms with E-state index in [1.165, 1.54) is 0 Å². The van der Waals surface area contributed by atoms with E-state index in [2.05, 4.69) is 20.9 Å². The lowest BCUT2D eigenvalue weighted by Crippen LogP contribution is -2.15. The van der Waals surface area contributed by atoms with E-state index in [1.54, 1.807) is 18.3 Å². The molecule has 1 atom stereocenters. The first-order chi connectivity index (χ1) is 9.08. The summed E-state index contributed by atoms with van der Waals surface area (Å²) in [5, 5.41) is 9.80. The van der Waals surface area contributed by atoms with Crippen molar-refractivity contribution in [2.24, 2.45) is 0 Å². The van der Waals surface area contributed by atoms with Gasteiger partial charge in [-0.1, -0.05) is 51.8 Å². The molecule has 1 N–H and O–H groups in total. The fourth-order valence-electron chi connectivity index (χ4n) is 1.85. The Morgan fingerprint density at radius 2 is 2.05 bits per heavy atom. The molecule has 0 aliphatic carbocycles. The summed E-state index contributed by atoms with van der Waals surface area (Å²) in [5.41, 5.74) is 1.59. The van der Waals surface area contributed by atoms with Crippen LogP contribution in [0.15, 0.2) is 47.1 Å². The van der Waals surface area contributed by atoms with Crippen LogP contribution in [-0.4, -0.2) is 16.1 Å². The fraction of sp³-hybridized carbons (Fsp3) is 0.143. The molecule has 1 aromatic heterocycles. The van der Waals surface area contributed by atoms with Gasteiger partial charge in [-0.05, 0) is 29.7 Å². The van der Waals surface area contributed by atoms with Gasteiger partial charge in [-0.25, -0.2) is 4.98 Å². The Morgan fingerprint density at radius 3 is 2.63 bits per heavy atom. The fourth-order valence-corrected chi connectivity index (χ4v) is 2.52. The summed E-state index contributed by atoms with van der Waals surface area (Å²) in [5.74, 6) is -1.47. The predicted octanol–water partition coefficient (Wildman–Crippen LogP) is 3.91. The van der Waals surface area contributed by atoms with E-state index in [4.69, 9.17) is 11.6 Å². The highest BCUT2D eigenvalue weighted by Crippen LogP contribution is 2.28. The number of benzene rings is 1. The van der Waals surface area contributed by atoms with Gasteiger partial charge in [0.1, 0.15) is 5.15 Å². The molecule has 0 aliphatic heterocycles. The molecule has 2 rings (SSSR count). The number of hydrogen-bond acceptors (Lipinski definition) is 2. The maximum atomic E-state index is 11.5. The monoisotopic (exact) mass is 339 g/mol. The standard InChI is InChI=1S/C14H11BrClNO2/c15-12-4-2-1-3-10(12)11(14(18)19)7-9-5-6-13(16)17-8-9/h1-6,8,11H,7H2,(H,18,19). The van der Waals surface area contributed by atoms with Crippen molar-refractivity contribution < 1.29 is 9.90 Å². The molecule has 1 unspecified atom stereocenters. The van der Waals surface area contributed by atoms with Crippen LogP contribution >= 0.6 is 27.5 Å². The molecule has 98 valence electrons. The van der Waals surface area contributed by atoms with Crippen LogP contribution in [-0.2, 0) is 11.2 Å². The Kier molecular flexibility index (Phi) is 4.56. The number of hydrogen-bond donors (Lipinski definition) is 1. The summed E-state index contributed by atoms with van der Waals surface area (Å²) in [6.45, 7) is 0.